The Bertz CT molecular complexity index is 598. The van der Waals surface area contributed by atoms with Crippen LogP contribution in [-0.4, -0.2) is 19.2 Å². The molecule has 3 nitrogen and oxygen atoms in total. The first-order valence-corrected chi connectivity index (χ1v) is 8.13. The minimum absolute atomic E-state index is 0.297. The van der Waals surface area contributed by atoms with Crippen LogP contribution in [0.25, 0.3) is 0 Å². The van der Waals surface area contributed by atoms with Crippen LogP contribution in [-0.2, 0) is 13.0 Å². The van der Waals surface area contributed by atoms with Crippen molar-refractivity contribution in [3.05, 3.63) is 59.7 Å². The second kappa shape index (κ2) is 7.32. The van der Waals surface area contributed by atoms with Gasteiger partial charge in [0.2, 0.25) is 0 Å². The molecule has 1 unspecified atom stereocenters. The van der Waals surface area contributed by atoms with E-state index in [4.69, 9.17) is 4.74 Å². The largest absolute Gasteiger partial charge is 0.486 e. The van der Waals surface area contributed by atoms with E-state index in [0.717, 1.165) is 43.9 Å². The molecule has 0 aliphatic carbocycles. The van der Waals surface area contributed by atoms with Crippen molar-refractivity contribution in [2.45, 2.75) is 32.4 Å². The van der Waals surface area contributed by atoms with Gasteiger partial charge in [-0.05, 0) is 42.6 Å². The Hall–Kier alpha value is -2.00. The summed E-state index contributed by atoms with van der Waals surface area (Å²) in [5.41, 5.74) is 3.80. The number of rotatable bonds is 6. The summed E-state index contributed by atoms with van der Waals surface area (Å²) >= 11 is 0. The summed E-state index contributed by atoms with van der Waals surface area (Å²) in [6.45, 7) is 4.96. The number of nitrogens with one attached hydrogen (secondary N) is 2. The van der Waals surface area contributed by atoms with E-state index >= 15 is 0 Å². The second-order valence-electron chi connectivity index (χ2n) is 5.77. The zero-order valence-corrected chi connectivity index (χ0v) is 13.1. The van der Waals surface area contributed by atoms with Gasteiger partial charge in [0.25, 0.3) is 0 Å². The maximum Gasteiger partial charge on any atom is 0.142 e. The first-order valence-electron chi connectivity index (χ1n) is 8.13. The lowest BCUT2D eigenvalue weighted by molar-refractivity contribution is 0.202. The van der Waals surface area contributed by atoms with E-state index in [9.17, 15) is 0 Å². The summed E-state index contributed by atoms with van der Waals surface area (Å²) in [7, 11) is 0. The Balaban J connectivity index is 1.49. The zero-order valence-electron chi connectivity index (χ0n) is 13.1. The molecule has 2 aromatic carbocycles. The molecular weight excluding hydrogens is 272 g/mol. The number of ether oxygens (including phenoxy) is 1. The van der Waals surface area contributed by atoms with Gasteiger partial charge < -0.3 is 15.4 Å². The number of hydrogen-bond donors (Lipinski definition) is 2. The Morgan fingerprint density at radius 2 is 2.00 bits per heavy atom. The molecule has 0 saturated heterocycles. The summed E-state index contributed by atoms with van der Waals surface area (Å²) in [5, 5.41) is 6.97. The molecular formula is C19H24N2O. The number of fused-ring (bicyclic) bond motifs is 1. The standard InChI is InChI=1S/C19H24N2O/c1-2-17-14-21-18-12-15(8-9-19(18)22-17)10-11-20-13-16-6-4-3-5-7-16/h3-9,12,17,20-21H,2,10-11,13-14H2,1H3. The molecule has 0 spiro atoms. The molecule has 1 heterocycles. The zero-order chi connectivity index (χ0) is 15.2. The van der Waals surface area contributed by atoms with Crippen molar-refractivity contribution in [2.24, 2.45) is 0 Å². The van der Waals surface area contributed by atoms with Gasteiger partial charge in [0.1, 0.15) is 11.9 Å². The van der Waals surface area contributed by atoms with Crippen LogP contribution < -0.4 is 15.4 Å². The van der Waals surface area contributed by atoms with Gasteiger partial charge in [0.15, 0.2) is 0 Å². The van der Waals surface area contributed by atoms with E-state index in [2.05, 4.69) is 66.1 Å². The van der Waals surface area contributed by atoms with Gasteiger partial charge in [-0.3, -0.25) is 0 Å². The molecule has 2 N–H and O–H groups in total. The average molecular weight is 296 g/mol. The van der Waals surface area contributed by atoms with E-state index < -0.39 is 0 Å². The van der Waals surface area contributed by atoms with Crippen molar-refractivity contribution in [2.75, 3.05) is 18.4 Å². The van der Waals surface area contributed by atoms with Crippen LogP contribution in [0.2, 0.25) is 0 Å². The predicted molar refractivity (Wildman–Crippen MR) is 91.5 cm³/mol. The van der Waals surface area contributed by atoms with Crippen molar-refractivity contribution < 1.29 is 4.74 Å². The Morgan fingerprint density at radius 3 is 2.82 bits per heavy atom. The molecule has 0 amide bonds. The van der Waals surface area contributed by atoms with E-state index in [1.807, 2.05) is 0 Å². The fourth-order valence-electron chi connectivity index (χ4n) is 2.71. The van der Waals surface area contributed by atoms with E-state index in [1.54, 1.807) is 0 Å². The molecule has 116 valence electrons. The van der Waals surface area contributed by atoms with E-state index in [0.29, 0.717) is 6.10 Å². The molecule has 0 aromatic heterocycles. The fourth-order valence-corrected chi connectivity index (χ4v) is 2.71. The van der Waals surface area contributed by atoms with Crippen LogP contribution in [0.1, 0.15) is 24.5 Å². The van der Waals surface area contributed by atoms with Crippen molar-refractivity contribution in [1.82, 2.24) is 5.32 Å². The van der Waals surface area contributed by atoms with Crippen LogP contribution in [0.15, 0.2) is 48.5 Å². The minimum Gasteiger partial charge on any atom is -0.486 e. The lowest BCUT2D eigenvalue weighted by Crippen LogP contribution is -2.30. The molecule has 0 fully saturated rings. The second-order valence-corrected chi connectivity index (χ2v) is 5.77. The monoisotopic (exact) mass is 296 g/mol. The Morgan fingerprint density at radius 1 is 1.14 bits per heavy atom. The smallest absolute Gasteiger partial charge is 0.142 e. The van der Waals surface area contributed by atoms with Crippen LogP contribution in [0.4, 0.5) is 5.69 Å². The number of anilines is 1. The number of hydrogen-bond acceptors (Lipinski definition) is 3. The minimum atomic E-state index is 0.297. The summed E-state index contributed by atoms with van der Waals surface area (Å²) in [4.78, 5) is 0. The maximum absolute atomic E-state index is 5.94. The fraction of sp³-hybridized carbons (Fsp3) is 0.368. The molecule has 1 aliphatic rings. The van der Waals surface area contributed by atoms with E-state index in [1.165, 1.54) is 11.1 Å². The van der Waals surface area contributed by atoms with Gasteiger partial charge in [0.05, 0.1) is 12.2 Å². The third-order valence-corrected chi connectivity index (χ3v) is 4.08. The Kier molecular flexibility index (Phi) is 4.96. The molecule has 22 heavy (non-hydrogen) atoms. The van der Waals surface area contributed by atoms with Gasteiger partial charge in [0, 0.05) is 6.54 Å². The van der Waals surface area contributed by atoms with Crippen LogP contribution in [0.5, 0.6) is 5.75 Å². The van der Waals surface area contributed by atoms with Gasteiger partial charge >= 0.3 is 0 Å². The molecule has 0 radical (unpaired) electrons. The quantitative estimate of drug-likeness (QED) is 0.799. The molecule has 0 bridgehead atoms. The SMILES string of the molecule is CCC1CNc2cc(CCNCc3ccccc3)ccc2O1. The lowest BCUT2D eigenvalue weighted by Gasteiger charge is -2.27. The first-order chi connectivity index (χ1) is 10.8. The molecule has 3 rings (SSSR count). The molecule has 3 heteroatoms. The van der Waals surface area contributed by atoms with E-state index in [-0.39, 0.29) is 0 Å². The van der Waals surface area contributed by atoms with Gasteiger partial charge in [-0.15, -0.1) is 0 Å². The molecule has 1 aliphatic heterocycles. The highest BCUT2D eigenvalue weighted by Gasteiger charge is 2.17. The maximum atomic E-state index is 5.94. The molecule has 2 aromatic rings. The van der Waals surface area contributed by atoms with Crippen molar-refractivity contribution in [1.29, 1.82) is 0 Å². The summed E-state index contributed by atoms with van der Waals surface area (Å²) in [6.07, 6.45) is 2.36. The van der Waals surface area contributed by atoms with Crippen LogP contribution in [0.3, 0.4) is 0 Å². The molecule has 1 atom stereocenters. The van der Waals surface area contributed by atoms with Crippen molar-refractivity contribution >= 4 is 5.69 Å². The Labute approximate surface area is 132 Å². The van der Waals surface area contributed by atoms with Gasteiger partial charge in [-0.25, -0.2) is 0 Å². The highest BCUT2D eigenvalue weighted by Crippen LogP contribution is 2.30. The van der Waals surface area contributed by atoms with Gasteiger partial charge in [-0.2, -0.15) is 0 Å². The molecule has 0 saturated carbocycles. The highest BCUT2D eigenvalue weighted by molar-refractivity contribution is 5.59. The predicted octanol–water partition coefficient (Wildman–Crippen LogP) is 3.60. The summed E-state index contributed by atoms with van der Waals surface area (Å²) in [6, 6.07) is 17.0. The summed E-state index contributed by atoms with van der Waals surface area (Å²) < 4.78 is 5.94. The number of benzene rings is 2. The van der Waals surface area contributed by atoms with Crippen LogP contribution in [0, 0.1) is 0 Å². The van der Waals surface area contributed by atoms with Crippen LogP contribution >= 0.6 is 0 Å². The van der Waals surface area contributed by atoms with Crippen molar-refractivity contribution in [3.8, 4) is 5.75 Å². The third kappa shape index (κ3) is 3.80. The average Bonchev–Trinajstić information content (AvgIpc) is 2.59. The summed E-state index contributed by atoms with van der Waals surface area (Å²) in [5.74, 6) is 0.985. The highest BCUT2D eigenvalue weighted by atomic mass is 16.5. The normalized spacial score (nSPS) is 16.5. The van der Waals surface area contributed by atoms with Gasteiger partial charge in [-0.1, -0.05) is 43.3 Å². The lowest BCUT2D eigenvalue weighted by atomic mass is 10.1. The first kappa shape index (κ1) is 14.9. The topological polar surface area (TPSA) is 33.3 Å². The third-order valence-electron chi connectivity index (χ3n) is 4.08. The van der Waals surface area contributed by atoms with Crippen molar-refractivity contribution in [3.63, 3.8) is 0 Å².